The molecule has 37 heavy (non-hydrogen) atoms. The molecule has 1 amide bonds. The fourth-order valence-electron chi connectivity index (χ4n) is 4.51. The van der Waals surface area contributed by atoms with Crippen molar-refractivity contribution in [2.45, 2.75) is 32.0 Å². The molecule has 1 N–H and O–H groups in total. The summed E-state index contributed by atoms with van der Waals surface area (Å²) in [7, 11) is 1.53. The van der Waals surface area contributed by atoms with E-state index >= 15 is 0 Å². The van der Waals surface area contributed by atoms with Crippen LogP contribution in [-0.4, -0.2) is 30.7 Å². The number of carbonyl (C=O) groups is 1. The number of hydrogen-bond acceptors (Lipinski definition) is 2. The zero-order valence-electron chi connectivity index (χ0n) is 20.6. The normalized spacial score (nSPS) is 12.6. The van der Waals surface area contributed by atoms with Crippen LogP contribution in [0.1, 0.15) is 40.2 Å². The highest BCUT2D eigenvalue weighted by Gasteiger charge is 2.34. The second kappa shape index (κ2) is 11.4. The van der Waals surface area contributed by atoms with Gasteiger partial charge in [-0.15, -0.1) is 0 Å². The van der Waals surface area contributed by atoms with Gasteiger partial charge in [0.2, 0.25) is 5.91 Å². The predicted molar refractivity (Wildman–Crippen MR) is 140 cm³/mol. The van der Waals surface area contributed by atoms with Crippen molar-refractivity contribution in [3.05, 3.63) is 106 Å². The summed E-state index contributed by atoms with van der Waals surface area (Å²) in [4.78, 5) is 12.9. The van der Waals surface area contributed by atoms with Crippen LogP contribution in [0.25, 0.3) is 10.9 Å². The Bertz CT molecular complexity index is 1380. The van der Waals surface area contributed by atoms with Gasteiger partial charge in [-0.05, 0) is 41.8 Å². The van der Waals surface area contributed by atoms with Gasteiger partial charge in [-0.2, -0.15) is 13.2 Å². The van der Waals surface area contributed by atoms with Gasteiger partial charge in [0.15, 0.2) is 0 Å². The summed E-state index contributed by atoms with van der Waals surface area (Å²) >= 11 is 5.91. The number of carbonyl (C=O) groups excluding carboxylic acids is 1. The van der Waals surface area contributed by atoms with Crippen molar-refractivity contribution < 1.29 is 22.7 Å². The maximum absolute atomic E-state index is 13.7. The summed E-state index contributed by atoms with van der Waals surface area (Å²) in [6.07, 6.45) is -2.70. The molecular formula is C29H28ClF3N2O2. The Labute approximate surface area is 219 Å². The van der Waals surface area contributed by atoms with Crippen molar-refractivity contribution in [1.29, 1.82) is 0 Å². The molecule has 8 heteroatoms. The Hall–Kier alpha value is -3.29. The Morgan fingerprint density at radius 3 is 2.51 bits per heavy atom. The fourth-order valence-corrected chi connectivity index (χ4v) is 4.73. The number of amides is 1. The summed E-state index contributed by atoms with van der Waals surface area (Å²) in [5.74, 6) is -0.897. The van der Waals surface area contributed by atoms with Gasteiger partial charge >= 0.3 is 6.18 Å². The molecule has 0 saturated heterocycles. The lowest BCUT2D eigenvalue weighted by molar-refractivity contribution is -0.137. The van der Waals surface area contributed by atoms with Crippen LogP contribution >= 0.6 is 11.6 Å². The van der Waals surface area contributed by atoms with E-state index in [2.05, 4.69) is 22.0 Å². The molecule has 0 spiro atoms. The Morgan fingerprint density at radius 1 is 1.08 bits per heavy atom. The van der Waals surface area contributed by atoms with E-state index in [1.807, 2.05) is 49.5 Å². The summed E-state index contributed by atoms with van der Waals surface area (Å²) in [6, 6.07) is 19.8. The van der Waals surface area contributed by atoms with Gasteiger partial charge in [0.05, 0.1) is 17.2 Å². The molecule has 1 atom stereocenters. The molecule has 4 rings (SSSR count). The number of nitrogens with one attached hydrogen (secondary N) is 1. The van der Waals surface area contributed by atoms with E-state index < -0.39 is 17.7 Å². The first-order chi connectivity index (χ1) is 17.7. The lowest BCUT2D eigenvalue weighted by atomic mass is 9.87. The molecular weight excluding hydrogens is 501 g/mol. The highest BCUT2D eigenvalue weighted by Crippen LogP contribution is 2.40. The first kappa shape index (κ1) is 26.8. The van der Waals surface area contributed by atoms with Crippen LogP contribution in [0.5, 0.6) is 0 Å². The van der Waals surface area contributed by atoms with Crippen molar-refractivity contribution in [2.75, 3.05) is 20.3 Å². The standard InChI is InChI=1S/C29H28ClF3N2O2/c1-19-7-9-20(10-8-19)17-35-18-24(22-5-3-4-6-27(22)35)23(16-28(36)34-13-14-37-2)21-11-12-26(30)25(15-21)29(31,32)33/h3-12,15,18,23H,13-14,16-17H2,1-2H3,(H,34,36). The number of nitrogens with zero attached hydrogens (tertiary/aromatic N) is 1. The van der Waals surface area contributed by atoms with Crippen LogP contribution in [0.15, 0.2) is 72.9 Å². The van der Waals surface area contributed by atoms with Gasteiger partial charge in [-0.3, -0.25) is 4.79 Å². The van der Waals surface area contributed by atoms with E-state index in [1.54, 1.807) is 6.07 Å². The van der Waals surface area contributed by atoms with E-state index in [-0.39, 0.29) is 17.4 Å². The number of aromatic nitrogens is 1. The second-order valence-corrected chi connectivity index (χ2v) is 9.46. The number of methoxy groups -OCH3 is 1. The van der Waals surface area contributed by atoms with E-state index in [0.717, 1.165) is 33.7 Å². The molecule has 4 nitrogen and oxygen atoms in total. The quantitative estimate of drug-likeness (QED) is 0.239. The summed E-state index contributed by atoms with van der Waals surface area (Å²) in [6.45, 7) is 3.26. The molecule has 0 aliphatic carbocycles. The number of alkyl halides is 3. The van der Waals surface area contributed by atoms with Crippen LogP contribution in [0.2, 0.25) is 5.02 Å². The number of rotatable bonds is 9. The Morgan fingerprint density at radius 2 is 1.81 bits per heavy atom. The largest absolute Gasteiger partial charge is 0.417 e. The predicted octanol–water partition coefficient (Wildman–Crippen LogP) is 6.95. The van der Waals surface area contributed by atoms with Gasteiger partial charge < -0.3 is 14.6 Å². The highest BCUT2D eigenvalue weighted by molar-refractivity contribution is 6.31. The highest BCUT2D eigenvalue weighted by atomic mass is 35.5. The van der Waals surface area contributed by atoms with Gasteiger partial charge in [0, 0.05) is 49.6 Å². The van der Waals surface area contributed by atoms with E-state index in [1.165, 1.54) is 13.2 Å². The van der Waals surface area contributed by atoms with Crippen molar-refractivity contribution in [3.8, 4) is 0 Å². The molecule has 1 unspecified atom stereocenters. The molecule has 0 aliphatic heterocycles. The Balaban J connectivity index is 1.80. The van der Waals surface area contributed by atoms with Gasteiger partial charge in [0.1, 0.15) is 0 Å². The summed E-state index contributed by atoms with van der Waals surface area (Å²) in [5, 5.41) is 3.30. The van der Waals surface area contributed by atoms with Crippen LogP contribution < -0.4 is 5.32 Å². The summed E-state index contributed by atoms with van der Waals surface area (Å²) < 4.78 is 48.2. The lowest BCUT2D eigenvalue weighted by Crippen LogP contribution is -2.28. The number of ether oxygens (including phenoxy) is 1. The van der Waals surface area contributed by atoms with Crippen LogP contribution in [0.3, 0.4) is 0 Å². The number of hydrogen-bond donors (Lipinski definition) is 1. The van der Waals surface area contributed by atoms with Gasteiger partial charge in [-0.1, -0.05) is 65.7 Å². The topological polar surface area (TPSA) is 43.3 Å². The van der Waals surface area contributed by atoms with Crippen LogP contribution in [-0.2, 0) is 22.3 Å². The van der Waals surface area contributed by atoms with Crippen molar-refractivity contribution in [1.82, 2.24) is 9.88 Å². The first-order valence-corrected chi connectivity index (χ1v) is 12.3. The minimum Gasteiger partial charge on any atom is -0.383 e. The monoisotopic (exact) mass is 528 g/mol. The first-order valence-electron chi connectivity index (χ1n) is 11.9. The zero-order valence-corrected chi connectivity index (χ0v) is 21.4. The third-order valence-corrected chi connectivity index (χ3v) is 6.71. The molecule has 0 bridgehead atoms. The molecule has 0 aliphatic rings. The molecule has 0 radical (unpaired) electrons. The van der Waals surface area contributed by atoms with Crippen molar-refractivity contribution >= 4 is 28.4 Å². The number of fused-ring (bicyclic) bond motifs is 1. The van der Waals surface area contributed by atoms with Crippen LogP contribution in [0.4, 0.5) is 13.2 Å². The van der Waals surface area contributed by atoms with Crippen LogP contribution in [0, 0.1) is 6.92 Å². The third kappa shape index (κ3) is 6.35. The Kier molecular flexibility index (Phi) is 8.25. The lowest BCUT2D eigenvalue weighted by Gasteiger charge is -2.19. The minimum absolute atomic E-state index is 0.0266. The van der Waals surface area contributed by atoms with E-state index in [0.29, 0.717) is 25.3 Å². The average molecular weight is 529 g/mol. The van der Waals surface area contributed by atoms with Gasteiger partial charge in [0.25, 0.3) is 0 Å². The molecule has 1 heterocycles. The number of para-hydroxylation sites is 1. The molecule has 1 aromatic heterocycles. The van der Waals surface area contributed by atoms with Gasteiger partial charge in [-0.25, -0.2) is 0 Å². The molecule has 3 aromatic carbocycles. The van der Waals surface area contributed by atoms with E-state index in [9.17, 15) is 18.0 Å². The molecule has 4 aromatic rings. The smallest absolute Gasteiger partial charge is 0.383 e. The minimum atomic E-state index is -4.61. The SMILES string of the molecule is COCCNC(=O)CC(c1ccc(Cl)c(C(F)(F)F)c1)c1cn(Cc2ccc(C)cc2)c2ccccc12. The van der Waals surface area contributed by atoms with Crippen molar-refractivity contribution in [3.63, 3.8) is 0 Å². The van der Waals surface area contributed by atoms with Crippen molar-refractivity contribution in [2.24, 2.45) is 0 Å². The second-order valence-electron chi connectivity index (χ2n) is 9.05. The summed E-state index contributed by atoms with van der Waals surface area (Å²) in [5.41, 5.74) is 3.42. The molecule has 194 valence electrons. The average Bonchev–Trinajstić information content (AvgIpc) is 3.22. The maximum Gasteiger partial charge on any atom is 0.417 e. The number of benzene rings is 3. The molecule has 0 saturated carbocycles. The third-order valence-electron chi connectivity index (χ3n) is 6.38. The number of aryl methyl sites for hydroxylation is 1. The fraction of sp³-hybridized carbons (Fsp3) is 0.276. The van der Waals surface area contributed by atoms with E-state index in [4.69, 9.17) is 16.3 Å². The zero-order chi connectivity index (χ0) is 26.6. The number of halogens is 4. The maximum atomic E-state index is 13.7. The molecule has 0 fully saturated rings.